The van der Waals surface area contributed by atoms with Gasteiger partial charge in [-0.25, -0.2) is 0 Å². The topological polar surface area (TPSA) is 111 Å². The molecule has 0 fully saturated rings. The van der Waals surface area contributed by atoms with Crippen LogP contribution in [0.4, 0.5) is 5.69 Å². The molecule has 0 bridgehead atoms. The summed E-state index contributed by atoms with van der Waals surface area (Å²) in [6.45, 7) is 8.60. The number of aryl methyl sites for hydroxylation is 1. The number of benzene rings is 1. The Labute approximate surface area is 194 Å². The van der Waals surface area contributed by atoms with Gasteiger partial charge >= 0.3 is 0 Å². The van der Waals surface area contributed by atoms with Crippen molar-refractivity contribution in [3.63, 3.8) is 0 Å². The summed E-state index contributed by atoms with van der Waals surface area (Å²) >= 11 is 0. The van der Waals surface area contributed by atoms with Crippen molar-refractivity contribution in [1.29, 1.82) is 5.26 Å². The number of hydrogen-bond acceptors (Lipinski definition) is 5. The molecule has 0 aliphatic carbocycles. The molecular weight excluding hydrogens is 420 g/mol. The number of amides is 3. The van der Waals surface area contributed by atoms with Crippen LogP contribution in [0.25, 0.3) is 11.3 Å². The van der Waals surface area contributed by atoms with Crippen molar-refractivity contribution < 1.29 is 14.4 Å². The predicted octanol–water partition coefficient (Wildman–Crippen LogP) is 2.67. The maximum absolute atomic E-state index is 13.1. The Hall–Kier alpha value is -3.67. The predicted molar refractivity (Wildman–Crippen MR) is 124 cm³/mol. The number of aromatic nitrogens is 2. The minimum atomic E-state index is -0.558. The van der Waals surface area contributed by atoms with Crippen molar-refractivity contribution >= 4 is 23.4 Å². The normalized spacial score (nSPS) is 13.3. The lowest BCUT2D eigenvalue weighted by atomic mass is 9.95. The Bertz CT molecular complexity index is 1120. The Morgan fingerprint density at radius 2 is 1.97 bits per heavy atom. The van der Waals surface area contributed by atoms with E-state index in [0.29, 0.717) is 36.7 Å². The molecule has 0 spiro atoms. The van der Waals surface area contributed by atoms with Crippen LogP contribution >= 0.6 is 0 Å². The number of nitrogens with one attached hydrogen (secondary N) is 1. The van der Waals surface area contributed by atoms with Gasteiger partial charge in [-0.15, -0.1) is 0 Å². The first kappa shape index (κ1) is 24.0. The van der Waals surface area contributed by atoms with E-state index in [1.165, 1.54) is 9.80 Å². The Kier molecular flexibility index (Phi) is 6.86. The van der Waals surface area contributed by atoms with Gasteiger partial charge in [0.2, 0.25) is 11.8 Å². The minimum absolute atomic E-state index is 0.0430. The molecule has 1 aromatic carbocycles. The zero-order valence-corrected chi connectivity index (χ0v) is 19.8. The van der Waals surface area contributed by atoms with E-state index < -0.39 is 5.41 Å². The molecule has 0 saturated heterocycles. The van der Waals surface area contributed by atoms with Gasteiger partial charge in [0.15, 0.2) is 0 Å². The number of nitrogens with zero attached hydrogens (tertiary/aromatic N) is 5. The fourth-order valence-electron chi connectivity index (χ4n) is 3.44. The molecule has 174 valence electrons. The highest BCUT2D eigenvalue weighted by atomic mass is 16.2. The first-order valence-corrected chi connectivity index (χ1v) is 10.9. The van der Waals surface area contributed by atoms with Crippen LogP contribution in [0.15, 0.2) is 24.3 Å². The number of carbonyl (C=O) groups is 3. The third kappa shape index (κ3) is 5.40. The Balaban J connectivity index is 1.84. The van der Waals surface area contributed by atoms with E-state index >= 15 is 0 Å². The van der Waals surface area contributed by atoms with Crippen molar-refractivity contribution in [2.45, 2.75) is 40.7 Å². The number of rotatable bonds is 6. The van der Waals surface area contributed by atoms with Crippen molar-refractivity contribution in [3.8, 4) is 17.3 Å². The fraction of sp³-hybridized carbons (Fsp3) is 0.458. The molecule has 2 aromatic rings. The lowest BCUT2D eigenvalue weighted by Crippen LogP contribution is -2.46. The number of hydrogen-bond donors (Lipinski definition) is 1. The van der Waals surface area contributed by atoms with E-state index in [4.69, 9.17) is 5.26 Å². The van der Waals surface area contributed by atoms with E-state index in [-0.39, 0.29) is 30.7 Å². The molecule has 0 radical (unpaired) electrons. The fourth-order valence-corrected chi connectivity index (χ4v) is 3.44. The van der Waals surface area contributed by atoms with Gasteiger partial charge in [0.25, 0.3) is 5.91 Å². The molecule has 0 saturated carbocycles. The van der Waals surface area contributed by atoms with Gasteiger partial charge in [0, 0.05) is 31.1 Å². The second-order valence-electron chi connectivity index (χ2n) is 9.34. The van der Waals surface area contributed by atoms with Crippen molar-refractivity contribution in [1.82, 2.24) is 19.6 Å². The lowest BCUT2D eigenvalue weighted by Gasteiger charge is -2.28. The molecule has 2 heterocycles. The van der Waals surface area contributed by atoms with Crippen molar-refractivity contribution in [2.75, 3.05) is 32.0 Å². The summed E-state index contributed by atoms with van der Waals surface area (Å²) in [7, 11) is 1.63. The van der Waals surface area contributed by atoms with Gasteiger partial charge in [0.05, 0.1) is 30.4 Å². The molecule has 33 heavy (non-hydrogen) atoms. The zero-order chi connectivity index (χ0) is 24.3. The molecular formula is C24H30N6O3. The van der Waals surface area contributed by atoms with Gasteiger partial charge < -0.3 is 15.1 Å². The smallest absolute Gasteiger partial charge is 0.272 e. The molecule has 9 nitrogen and oxygen atoms in total. The second kappa shape index (κ2) is 9.45. The monoisotopic (exact) mass is 450 g/mol. The first-order chi connectivity index (χ1) is 15.5. The van der Waals surface area contributed by atoms with Crippen LogP contribution in [0.5, 0.6) is 0 Å². The lowest BCUT2D eigenvalue weighted by molar-refractivity contribution is -0.130. The summed E-state index contributed by atoms with van der Waals surface area (Å²) in [5.74, 6) is -0.591. The maximum Gasteiger partial charge on any atom is 0.272 e. The van der Waals surface area contributed by atoms with Crippen LogP contribution in [0.1, 0.15) is 43.2 Å². The van der Waals surface area contributed by atoms with Crippen molar-refractivity contribution in [3.05, 3.63) is 35.5 Å². The summed E-state index contributed by atoms with van der Waals surface area (Å²) in [4.78, 5) is 41.0. The van der Waals surface area contributed by atoms with Gasteiger partial charge in [-0.2, -0.15) is 10.4 Å². The molecule has 9 heteroatoms. The summed E-state index contributed by atoms with van der Waals surface area (Å²) in [5, 5.41) is 16.3. The Morgan fingerprint density at radius 1 is 1.24 bits per heavy atom. The molecule has 1 aliphatic rings. The van der Waals surface area contributed by atoms with Crippen LogP contribution < -0.4 is 5.32 Å². The summed E-state index contributed by atoms with van der Waals surface area (Å²) in [5.41, 5.74) is 2.79. The third-order valence-electron chi connectivity index (χ3n) is 5.56. The van der Waals surface area contributed by atoms with Crippen LogP contribution in [-0.4, -0.2) is 64.0 Å². The van der Waals surface area contributed by atoms with Gasteiger partial charge in [0.1, 0.15) is 12.2 Å². The molecule has 1 aliphatic heterocycles. The van der Waals surface area contributed by atoms with Gasteiger partial charge in [-0.3, -0.25) is 19.1 Å². The third-order valence-corrected chi connectivity index (χ3v) is 5.56. The van der Waals surface area contributed by atoms with Gasteiger partial charge in [-0.1, -0.05) is 32.9 Å². The largest absolute Gasteiger partial charge is 0.343 e. The molecule has 1 N–H and O–H groups in total. The highest BCUT2D eigenvalue weighted by Crippen LogP contribution is 2.31. The first-order valence-electron chi connectivity index (χ1n) is 10.9. The summed E-state index contributed by atoms with van der Waals surface area (Å²) in [6, 6.07) is 9.43. The zero-order valence-electron chi connectivity index (χ0n) is 19.8. The van der Waals surface area contributed by atoms with Crippen LogP contribution in [-0.2, 0) is 16.1 Å². The molecule has 1 aromatic heterocycles. The van der Waals surface area contributed by atoms with Crippen molar-refractivity contribution in [2.24, 2.45) is 5.41 Å². The van der Waals surface area contributed by atoms with E-state index in [0.717, 1.165) is 11.1 Å². The van der Waals surface area contributed by atoms with E-state index in [1.807, 2.05) is 52.0 Å². The number of anilines is 1. The average Bonchev–Trinajstić information content (AvgIpc) is 3.18. The second-order valence-corrected chi connectivity index (χ2v) is 9.34. The molecule has 0 unspecified atom stereocenters. The standard InChI is InChI=1S/C24H30N6O3/c1-16-7-8-17(18(13-16)26-23(33)24(2,3)4)19-14-20-22(32)29(11-12-30(20)27-19)15-21(31)28(5)10-6-9-25/h7-8,13-14H,6,10-12,15H2,1-5H3,(H,26,33). The van der Waals surface area contributed by atoms with Crippen LogP contribution in [0, 0.1) is 23.7 Å². The van der Waals surface area contributed by atoms with Gasteiger partial charge in [-0.05, 0) is 24.6 Å². The van der Waals surface area contributed by atoms with Crippen LogP contribution in [0.2, 0.25) is 0 Å². The number of fused-ring (bicyclic) bond motifs is 1. The quantitative estimate of drug-likeness (QED) is 0.727. The molecule has 0 atom stereocenters. The SMILES string of the molecule is Cc1ccc(-c2cc3n(n2)CCN(CC(=O)N(C)CCC#N)C3=O)c(NC(=O)C(C)(C)C)c1. The van der Waals surface area contributed by atoms with E-state index in [1.54, 1.807) is 17.8 Å². The number of carbonyl (C=O) groups excluding carboxylic acids is 3. The molecule has 3 rings (SSSR count). The minimum Gasteiger partial charge on any atom is -0.343 e. The highest BCUT2D eigenvalue weighted by molar-refractivity contribution is 6.00. The van der Waals surface area contributed by atoms with E-state index in [2.05, 4.69) is 10.4 Å². The van der Waals surface area contributed by atoms with Crippen LogP contribution in [0.3, 0.4) is 0 Å². The Morgan fingerprint density at radius 3 is 2.64 bits per heavy atom. The number of likely N-dealkylation sites (N-methyl/N-ethyl adjacent to an activating group) is 1. The average molecular weight is 451 g/mol. The maximum atomic E-state index is 13.1. The summed E-state index contributed by atoms with van der Waals surface area (Å²) < 4.78 is 1.65. The highest BCUT2D eigenvalue weighted by Gasteiger charge is 2.29. The number of nitriles is 1. The summed E-state index contributed by atoms with van der Waals surface area (Å²) in [6.07, 6.45) is 0.247. The van der Waals surface area contributed by atoms with E-state index in [9.17, 15) is 14.4 Å². The molecule has 3 amide bonds.